The summed E-state index contributed by atoms with van der Waals surface area (Å²) >= 11 is 0. The number of carbonyl (C=O) groups excluding carboxylic acids is 3. The van der Waals surface area contributed by atoms with Gasteiger partial charge in [-0.15, -0.1) is 0 Å². The van der Waals surface area contributed by atoms with E-state index in [2.05, 4.69) is 0 Å². The number of rotatable bonds is 5. The highest BCUT2D eigenvalue weighted by Crippen LogP contribution is 2.29. The molecule has 7 heteroatoms. The summed E-state index contributed by atoms with van der Waals surface area (Å²) in [6, 6.07) is 11.3. The number of methoxy groups -OCH3 is 2. The van der Waals surface area contributed by atoms with Crippen LogP contribution in [0.4, 0.5) is 0 Å². The van der Waals surface area contributed by atoms with Gasteiger partial charge in [0.05, 0.1) is 31.8 Å². The monoisotopic (exact) mass is 341 g/mol. The van der Waals surface area contributed by atoms with Crippen molar-refractivity contribution in [3.05, 3.63) is 59.2 Å². The Hall–Kier alpha value is -3.35. The molecule has 0 unspecified atom stereocenters. The summed E-state index contributed by atoms with van der Waals surface area (Å²) in [5.41, 5.74) is 0.874. The van der Waals surface area contributed by atoms with Crippen LogP contribution in [0.5, 0.6) is 11.5 Å². The van der Waals surface area contributed by atoms with Gasteiger partial charge in [0.15, 0.2) is 0 Å². The molecule has 25 heavy (non-hydrogen) atoms. The average Bonchev–Trinajstić information content (AvgIpc) is 2.87. The average molecular weight is 341 g/mol. The van der Waals surface area contributed by atoms with Crippen LogP contribution in [0.25, 0.3) is 0 Å². The number of hydrogen-bond donors (Lipinski definition) is 0. The van der Waals surface area contributed by atoms with Crippen molar-refractivity contribution in [2.75, 3.05) is 14.2 Å². The van der Waals surface area contributed by atoms with Crippen LogP contribution < -0.4 is 9.47 Å². The molecule has 2 aromatic rings. The van der Waals surface area contributed by atoms with Gasteiger partial charge in [-0.3, -0.25) is 9.59 Å². The van der Waals surface area contributed by atoms with E-state index in [1.807, 2.05) is 0 Å². The van der Waals surface area contributed by atoms with Crippen LogP contribution in [0.1, 0.15) is 26.3 Å². The zero-order valence-corrected chi connectivity index (χ0v) is 13.6. The number of hydroxylamine groups is 2. The highest BCUT2D eigenvalue weighted by Gasteiger charge is 2.38. The molecule has 0 N–H and O–H groups in total. The number of benzene rings is 2. The van der Waals surface area contributed by atoms with E-state index in [1.165, 1.54) is 26.4 Å². The van der Waals surface area contributed by atoms with Crippen molar-refractivity contribution in [2.24, 2.45) is 0 Å². The van der Waals surface area contributed by atoms with Crippen LogP contribution in [0.2, 0.25) is 0 Å². The summed E-state index contributed by atoms with van der Waals surface area (Å²) in [4.78, 5) is 41.7. The Bertz CT molecular complexity index is 803. The Morgan fingerprint density at radius 3 is 1.88 bits per heavy atom. The largest absolute Gasteiger partial charge is 0.496 e. The van der Waals surface area contributed by atoms with Crippen molar-refractivity contribution in [1.29, 1.82) is 0 Å². The Balaban J connectivity index is 1.79. The molecule has 0 bridgehead atoms. The third-order valence-corrected chi connectivity index (χ3v) is 3.80. The molecule has 0 radical (unpaired) electrons. The molecule has 0 aromatic heterocycles. The van der Waals surface area contributed by atoms with Gasteiger partial charge in [-0.25, -0.2) is 4.79 Å². The molecule has 0 atom stereocenters. The first-order valence-electron chi connectivity index (χ1n) is 7.45. The predicted octanol–water partition coefficient (Wildman–Crippen LogP) is 2.00. The van der Waals surface area contributed by atoms with Crippen LogP contribution in [0.3, 0.4) is 0 Å². The van der Waals surface area contributed by atoms with Gasteiger partial charge in [-0.1, -0.05) is 23.3 Å². The van der Waals surface area contributed by atoms with E-state index in [9.17, 15) is 14.4 Å². The molecule has 7 nitrogen and oxygen atoms in total. The molecule has 3 rings (SSSR count). The molecule has 2 aromatic carbocycles. The number of carbonyl (C=O) groups is 3. The Kier molecular flexibility index (Phi) is 4.38. The van der Waals surface area contributed by atoms with Gasteiger partial charge < -0.3 is 14.3 Å². The first-order chi connectivity index (χ1) is 12.1. The second kappa shape index (κ2) is 6.64. The van der Waals surface area contributed by atoms with Gasteiger partial charge in [-0.2, -0.15) is 0 Å². The van der Waals surface area contributed by atoms with Crippen molar-refractivity contribution in [3.63, 3.8) is 0 Å². The van der Waals surface area contributed by atoms with Gasteiger partial charge in [0, 0.05) is 5.56 Å². The number of hydrogen-bond acceptors (Lipinski definition) is 6. The van der Waals surface area contributed by atoms with E-state index in [0.717, 1.165) is 0 Å². The minimum absolute atomic E-state index is 0.204. The van der Waals surface area contributed by atoms with Gasteiger partial charge in [0.25, 0.3) is 11.8 Å². The lowest BCUT2D eigenvalue weighted by Crippen LogP contribution is -2.33. The lowest BCUT2D eigenvalue weighted by molar-refractivity contribution is -0.167. The second-order valence-electron chi connectivity index (χ2n) is 5.23. The summed E-state index contributed by atoms with van der Waals surface area (Å²) in [6.07, 6.45) is -0.222. The minimum Gasteiger partial charge on any atom is -0.496 e. The number of amides is 2. The summed E-state index contributed by atoms with van der Waals surface area (Å²) in [6.45, 7) is 0. The first-order valence-corrected chi connectivity index (χ1v) is 7.45. The standard InChI is InChI=1S/C18H15NO6/c1-23-14-8-5-9-15(24-2)13(14)10-16(20)25-19-17(21)11-6-3-4-7-12(11)18(19)22/h3-9H,10H2,1-2H3. The maximum absolute atomic E-state index is 12.3. The van der Waals surface area contributed by atoms with Crippen LogP contribution in [-0.4, -0.2) is 37.1 Å². The number of imide groups is 1. The van der Waals surface area contributed by atoms with Crippen LogP contribution in [0, 0.1) is 0 Å². The topological polar surface area (TPSA) is 82.1 Å². The molecular formula is C18H15NO6. The maximum Gasteiger partial charge on any atom is 0.337 e. The van der Waals surface area contributed by atoms with Gasteiger partial charge in [0.1, 0.15) is 11.5 Å². The summed E-state index contributed by atoms with van der Waals surface area (Å²) in [5, 5.41) is 0.481. The second-order valence-corrected chi connectivity index (χ2v) is 5.23. The van der Waals surface area contributed by atoms with E-state index < -0.39 is 17.8 Å². The SMILES string of the molecule is COc1cccc(OC)c1CC(=O)ON1C(=O)c2ccccc2C1=O. The normalized spacial score (nSPS) is 12.8. The lowest BCUT2D eigenvalue weighted by atomic mass is 10.1. The van der Waals surface area contributed by atoms with Crippen molar-refractivity contribution in [2.45, 2.75) is 6.42 Å². The fraction of sp³-hybridized carbons (Fsp3) is 0.167. The third-order valence-electron chi connectivity index (χ3n) is 3.80. The molecule has 1 aliphatic rings. The Morgan fingerprint density at radius 2 is 1.40 bits per heavy atom. The molecule has 0 spiro atoms. The van der Waals surface area contributed by atoms with E-state index in [-0.39, 0.29) is 17.5 Å². The number of nitrogens with zero attached hydrogens (tertiary/aromatic N) is 1. The van der Waals surface area contributed by atoms with Gasteiger partial charge in [0.2, 0.25) is 0 Å². The van der Waals surface area contributed by atoms with Crippen molar-refractivity contribution < 1.29 is 28.7 Å². The van der Waals surface area contributed by atoms with Crippen molar-refractivity contribution in [1.82, 2.24) is 5.06 Å². The molecular weight excluding hydrogens is 326 g/mol. The van der Waals surface area contributed by atoms with Crippen LogP contribution >= 0.6 is 0 Å². The highest BCUT2D eigenvalue weighted by atomic mass is 16.7. The molecule has 1 aliphatic heterocycles. The quantitative estimate of drug-likeness (QED) is 0.774. The van der Waals surface area contributed by atoms with Crippen LogP contribution in [0.15, 0.2) is 42.5 Å². The van der Waals surface area contributed by atoms with Crippen molar-refractivity contribution in [3.8, 4) is 11.5 Å². The molecule has 0 saturated heterocycles. The highest BCUT2D eigenvalue weighted by molar-refractivity contribution is 6.20. The summed E-state index contributed by atoms with van der Waals surface area (Å²) in [7, 11) is 2.93. The lowest BCUT2D eigenvalue weighted by Gasteiger charge is -2.15. The predicted molar refractivity (Wildman–Crippen MR) is 86.3 cm³/mol. The Labute approximate surface area is 143 Å². The molecule has 1 heterocycles. The van der Waals surface area contributed by atoms with Crippen molar-refractivity contribution >= 4 is 17.8 Å². The minimum atomic E-state index is -0.780. The Morgan fingerprint density at radius 1 is 0.880 bits per heavy atom. The van der Waals surface area contributed by atoms with Gasteiger partial charge in [-0.05, 0) is 24.3 Å². The zero-order chi connectivity index (χ0) is 18.0. The third kappa shape index (κ3) is 2.91. The van der Waals surface area contributed by atoms with E-state index in [1.54, 1.807) is 30.3 Å². The molecule has 128 valence electrons. The summed E-state index contributed by atoms with van der Waals surface area (Å²) in [5.74, 6) is -1.23. The first kappa shape index (κ1) is 16.5. The van der Waals surface area contributed by atoms with E-state index in [4.69, 9.17) is 14.3 Å². The smallest absolute Gasteiger partial charge is 0.337 e. The van der Waals surface area contributed by atoms with Gasteiger partial charge >= 0.3 is 5.97 Å². The number of ether oxygens (including phenoxy) is 2. The molecule has 0 aliphatic carbocycles. The zero-order valence-electron chi connectivity index (χ0n) is 13.6. The fourth-order valence-corrected chi connectivity index (χ4v) is 2.63. The maximum atomic E-state index is 12.3. The number of fused-ring (bicyclic) bond motifs is 1. The van der Waals surface area contributed by atoms with E-state index in [0.29, 0.717) is 22.1 Å². The molecule has 2 amide bonds. The molecule has 0 fully saturated rings. The summed E-state index contributed by atoms with van der Waals surface area (Å²) < 4.78 is 10.4. The van der Waals surface area contributed by atoms with Crippen LogP contribution in [-0.2, 0) is 16.1 Å². The molecule has 0 saturated carbocycles. The fourth-order valence-electron chi connectivity index (χ4n) is 2.63. The van der Waals surface area contributed by atoms with E-state index >= 15 is 0 Å².